The van der Waals surface area contributed by atoms with Crippen LogP contribution in [0.2, 0.25) is 0 Å². The normalized spacial score (nSPS) is 26.2. The highest BCUT2D eigenvalue weighted by molar-refractivity contribution is 5.82. The lowest BCUT2D eigenvalue weighted by atomic mass is 9.82. The minimum atomic E-state index is -0.415. The van der Waals surface area contributed by atoms with Gasteiger partial charge in [0.1, 0.15) is 0 Å². The maximum Gasteiger partial charge on any atom is 0.250 e. The molecular formula is C17H25N3O2. The van der Waals surface area contributed by atoms with E-state index in [1.807, 2.05) is 28.5 Å². The quantitative estimate of drug-likeness (QED) is 0.911. The fourth-order valence-electron chi connectivity index (χ4n) is 3.78. The smallest absolute Gasteiger partial charge is 0.250 e. The first kappa shape index (κ1) is 15.3. The second kappa shape index (κ2) is 5.88. The van der Waals surface area contributed by atoms with Gasteiger partial charge in [0.05, 0.1) is 6.04 Å². The Morgan fingerprint density at radius 1 is 1.36 bits per heavy atom. The van der Waals surface area contributed by atoms with Crippen LogP contribution < -0.4 is 11.3 Å². The Labute approximate surface area is 131 Å². The topological polar surface area (TPSA) is 68.3 Å². The van der Waals surface area contributed by atoms with Gasteiger partial charge in [0.25, 0.3) is 5.56 Å². The van der Waals surface area contributed by atoms with Crippen LogP contribution in [-0.2, 0) is 11.3 Å². The summed E-state index contributed by atoms with van der Waals surface area (Å²) >= 11 is 0. The molecule has 0 aromatic carbocycles. The Kier molecular flexibility index (Phi) is 4.08. The van der Waals surface area contributed by atoms with Crippen LogP contribution >= 0.6 is 0 Å². The lowest BCUT2D eigenvalue weighted by Crippen LogP contribution is -2.54. The molecule has 2 bridgehead atoms. The molecule has 22 heavy (non-hydrogen) atoms. The van der Waals surface area contributed by atoms with E-state index in [0.717, 1.165) is 25.1 Å². The van der Waals surface area contributed by atoms with Gasteiger partial charge in [0.15, 0.2) is 0 Å². The summed E-state index contributed by atoms with van der Waals surface area (Å²) in [5.74, 6) is 0.883. The van der Waals surface area contributed by atoms with Crippen molar-refractivity contribution in [3.05, 3.63) is 34.2 Å². The highest BCUT2D eigenvalue weighted by Crippen LogP contribution is 2.35. The van der Waals surface area contributed by atoms with Gasteiger partial charge >= 0.3 is 0 Å². The number of carbonyl (C=O) groups is 1. The summed E-state index contributed by atoms with van der Waals surface area (Å²) in [5.41, 5.74) is 7.27. The van der Waals surface area contributed by atoms with E-state index in [9.17, 15) is 9.59 Å². The first-order chi connectivity index (χ1) is 10.5. The highest BCUT2D eigenvalue weighted by Gasteiger charge is 2.37. The van der Waals surface area contributed by atoms with Gasteiger partial charge in [-0.2, -0.15) is 0 Å². The minimum absolute atomic E-state index is 0.0655. The SMILES string of the molecule is CC[C@H](C)[C@H](N)C(=O)N1CC2CC(C1)c1cccc(=O)n1C2. The molecule has 0 saturated carbocycles. The molecule has 3 rings (SSSR count). The average Bonchev–Trinajstić information content (AvgIpc) is 2.53. The van der Waals surface area contributed by atoms with Gasteiger partial charge in [-0.05, 0) is 24.3 Å². The van der Waals surface area contributed by atoms with Crippen molar-refractivity contribution in [3.8, 4) is 0 Å². The largest absolute Gasteiger partial charge is 0.340 e. The van der Waals surface area contributed by atoms with Gasteiger partial charge in [-0.15, -0.1) is 0 Å². The van der Waals surface area contributed by atoms with E-state index in [2.05, 4.69) is 6.92 Å². The number of piperidine rings is 1. The number of pyridine rings is 1. The van der Waals surface area contributed by atoms with Crippen molar-refractivity contribution in [2.24, 2.45) is 17.6 Å². The molecule has 0 radical (unpaired) electrons. The van der Waals surface area contributed by atoms with Crippen LogP contribution in [0.15, 0.2) is 23.0 Å². The van der Waals surface area contributed by atoms with Crippen LogP contribution in [0.4, 0.5) is 0 Å². The predicted octanol–water partition coefficient (Wildman–Crippen LogP) is 1.17. The van der Waals surface area contributed by atoms with Crippen molar-refractivity contribution < 1.29 is 4.79 Å². The molecule has 2 aliphatic heterocycles. The first-order valence-corrected chi connectivity index (χ1v) is 8.25. The van der Waals surface area contributed by atoms with Crippen molar-refractivity contribution in [2.45, 2.75) is 45.2 Å². The van der Waals surface area contributed by atoms with Crippen molar-refractivity contribution in [1.29, 1.82) is 0 Å². The van der Waals surface area contributed by atoms with Gasteiger partial charge in [-0.3, -0.25) is 9.59 Å². The number of amides is 1. The fourth-order valence-corrected chi connectivity index (χ4v) is 3.78. The van der Waals surface area contributed by atoms with Crippen molar-refractivity contribution in [2.75, 3.05) is 13.1 Å². The minimum Gasteiger partial charge on any atom is -0.340 e. The van der Waals surface area contributed by atoms with Crippen molar-refractivity contribution in [3.63, 3.8) is 0 Å². The summed E-state index contributed by atoms with van der Waals surface area (Å²) < 4.78 is 1.88. The molecule has 2 unspecified atom stereocenters. The maximum atomic E-state index is 12.6. The number of likely N-dealkylation sites (tertiary alicyclic amines) is 1. The van der Waals surface area contributed by atoms with Crippen LogP contribution in [0.3, 0.4) is 0 Å². The third-order valence-electron chi connectivity index (χ3n) is 5.33. The molecular weight excluding hydrogens is 278 g/mol. The number of nitrogens with two attached hydrogens (primary N) is 1. The Bertz CT molecular complexity index is 625. The standard InChI is InChI=1S/C17H25N3O2/c1-3-11(2)16(18)17(22)19-8-12-7-13(10-19)14-5-4-6-15(21)20(14)9-12/h4-6,11-13,16H,3,7-10,18H2,1-2H3/t11-,12?,13?,16-/m0/s1. The van der Waals surface area contributed by atoms with Gasteiger partial charge in [-0.25, -0.2) is 0 Å². The zero-order chi connectivity index (χ0) is 15.9. The van der Waals surface area contributed by atoms with Gasteiger partial charge in [0.2, 0.25) is 5.91 Å². The van der Waals surface area contributed by atoms with Gasteiger partial charge in [-0.1, -0.05) is 26.3 Å². The maximum absolute atomic E-state index is 12.6. The third-order valence-corrected chi connectivity index (χ3v) is 5.33. The predicted molar refractivity (Wildman–Crippen MR) is 85.6 cm³/mol. The molecule has 2 N–H and O–H groups in total. The van der Waals surface area contributed by atoms with Gasteiger partial charge < -0.3 is 15.2 Å². The zero-order valence-corrected chi connectivity index (χ0v) is 13.4. The van der Waals surface area contributed by atoms with E-state index in [4.69, 9.17) is 5.73 Å². The zero-order valence-electron chi connectivity index (χ0n) is 13.4. The van der Waals surface area contributed by atoms with Crippen LogP contribution in [0.1, 0.15) is 38.3 Å². The molecule has 3 heterocycles. The summed E-state index contributed by atoms with van der Waals surface area (Å²) in [6.07, 6.45) is 1.97. The Morgan fingerprint density at radius 3 is 2.86 bits per heavy atom. The summed E-state index contributed by atoms with van der Waals surface area (Å²) in [7, 11) is 0. The molecule has 1 fully saturated rings. The van der Waals surface area contributed by atoms with Crippen LogP contribution in [0.25, 0.3) is 0 Å². The van der Waals surface area contributed by atoms with E-state index >= 15 is 0 Å². The number of fused-ring (bicyclic) bond motifs is 4. The molecule has 5 nitrogen and oxygen atoms in total. The fraction of sp³-hybridized carbons (Fsp3) is 0.647. The Morgan fingerprint density at radius 2 is 2.14 bits per heavy atom. The Hall–Kier alpha value is -1.62. The van der Waals surface area contributed by atoms with Crippen molar-refractivity contribution >= 4 is 5.91 Å². The first-order valence-electron chi connectivity index (χ1n) is 8.25. The number of aromatic nitrogens is 1. The van der Waals surface area contributed by atoms with E-state index in [0.29, 0.717) is 19.0 Å². The molecule has 2 aliphatic rings. The number of rotatable bonds is 3. The van der Waals surface area contributed by atoms with E-state index < -0.39 is 6.04 Å². The number of nitrogens with zero attached hydrogens (tertiary/aromatic N) is 2. The molecule has 0 spiro atoms. The molecule has 1 aromatic heterocycles. The van der Waals surface area contributed by atoms with Crippen LogP contribution in [-0.4, -0.2) is 34.5 Å². The monoisotopic (exact) mass is 303 g/mol. The molecule has 120 valence electrons. The number of hydrogen-bond acceptors (Lipinski definition) is 3. The average molecular weight is 303 g/mol. The summed E-state index contributed by atoms with van der Waals surface area (Å²) in [6, 6.07) is 5.04. The van der Waals surface area contributed by atoms with E-state index in [1.165, 1.54) is 0 Å². The Balaban J connectivity index is 1.82. The summed E-state index contributed by atoms with van der Waals surface area (Å²) in [4.78, 5) is 26.6. The summed E-state index contributed by atoms with van der Waals surface area (Å²) in [5, 5.41) is 0. The summed E-state index contributed by atoms with van der Waals surface area (Å²) in [6.45, 7) is 6.21. The lowest BCUT2D eigenvalue weighted by Gasteiger charge is -2.43. The highest BCUT2D eigenvalue weighted by atomic mass is 16.2. The van der Waals surface area contributed by atoms with E-state index in [-0.39, 0.29) is 23.3 Å². The molecule has 1 amide bonds. The molecule has 0 aliphatic carbocycles. The van der Waals surface area contributed by atoms with Crippen LogP contribution in [0, 0.1) is 11.8 Å². The van der Waals surface area contributed by atoms with Crippen LogP contribution in [0.5, 0.6) is 0 Å². The molecule has 4 atom stereocenters. The molecule has 1 saturated heterocycles. The van der Waals surface area contributed by atoms with Crippen molar-refractivity contribution in [1.82, 2.24) is 9.47 Å². The number of hydrogen-bond donors (Lipinski definition) is 1. The second-order valence-electron chi connectivity index (χ2n) is 6.85. The third kappa shape index (κ3) is 2.58. The number of carbonyl (C=O) groups excluding carboxylic acids is 1. The second-order valence-corrected chi connectivity index (χ2v) is 6.85. The van der Waals surface area contributed by atoms with E-state index in [1.54, 1.807) is 6.07 Å². The lowest BCUT2D eigenvalue weighted by molar-refractivity contribution is -0.136. The molecule has 5 heteroatoms. The van der Waals surface area contributed by atoms with Gasteiger partial charge in [0, 0.05) is 37.3 Å². The molecule has 1 aromatic rings.